The van der Waals surface area contributed by atoms with Crippen LogP contribution >= 0.6 is 68.0 Å². The molecule has 0 aliphatic carbocycles. The molecule has 6 aromatic heterocycles. The third-order valence-electron chi connectivity index (χ3n) is 20.8. The maximum Gasteiger partial charge on any atom is 0.319 e. The quantitative estimate of drug-likeness (QED) is 0.119. The van der Waals surface area contributed by atoms with Gasteiger partial charge in [-0.2, -0.15) is 0 Å². The summed E-state index contributed by atoms with van der Waals surface area (Å²) in [7, 11) is 13.4. The Kier molecular flexibility index (Phi) is 31.8. The number of thiazole rings is 6. The smallest absolute Gasteiger partial charge is 0.319 e. The Labute approximate surface area is 691 Å². The molecule has 27 heteroatoms. The average Bonchev–Trinajstić information content (AvgIpc) is 1.65. The number of aryl methyl sites for hydroxylation is 1. The van der Waals surface area contributed by atoms with Gasteiger partial charge in [0.1, 0.15) is 20.8 Å². The van der Waals surface area contributed by atoms with E-state index < -0.39 is 6.17 Å². The zero-order chi connectivity index (χ0) is 81.3. The number of aromatic nitrogens is 6. The molecule has 0 N–H and O–H groups in total. The number of urea groups is 1. The number of rotatable bonds is 10. The van der Waals surface area contributed by atoms with Gasteiger partial charge in [0.25, 0.3) is 0 Å². The number of anilines is 2. The SMILES string of the molecule is CC(C)(C)c1nc2c(s1)CCN(CCCCN1CCOCC1)C2.CC(C)(C)c1nc2c(s1)CCN(CCCN1CCOCC1)C2.CN(C)C(=O)C1Cc2sc(C(C)(C)C)nc2N(C)C1.CN(C)C(=O)N1CCc2nc(C(C)(C)C)sc2C1.CN1CCCc2nc(C(C)(C)C)sc21.CN1Cc2sc(C(C)(C)C)nc2C(F)C1. The van der Waals surface area contributed by atoms with Crippen molar-refractivity contribution in [3.63, 3.8) is 0 Å². The van der Waals surface area contributed by atoms with Crippen molar-refractivity contribution in [2.24, 2.45) is 5.92 Å². The van der Waals surface area contributed by atoms with Gasteiger partial charge in [0, 0.05) is 191 Å². The average molecular weight is 1650 g/mol. The molecule has 2 atom stereocenters. The lowest BCUT2D eigenvalue weighted by Crippen LogP contribution is -2.41. The minimum atomic E-state index is -0.911. The minimum Gasteiger partial charge on any atom is -0.379 e. The van der Waals surface area contributed by atoms with Crippen molar-refractivity contribution in [2.45, 2.75) is 247 Å². The molecule has 111 heavy (non-hydrogen) atoms. The van der Waals surface area contributed by atoms with Gasteiger partial charge in [-0.15, -0.1) is 68.0 Å². The van der Waals surface area contributed by atoms with Gasteiger partial charge < -0.3 is 34.0 Å². The summed E-state index contributed by atoms with van der Waals surface area (Å²) in [6.07, 6.45) is 9.41. The van der Waals surface area contributed by atoms with Crippen molar-refractivity contribution in [2.75, 3.05) is 177 Å². The lowest BCUT2D eigenvalue weighted by atomic mass is 9.97. The molecule has 0 radical (unpaired) electrons. The topological polar surface area (TPSA) is 162 Å². The van der Waals surface area contributed by atoms with Gasteiger partial charge >= 0.3 is 6.03 Å². The molecule has 6 aromatic rings. The summed E-state index contributed by atoms with van der Waals surface area (Å²) in [5, 5.41) is 8.64. The van der Waals surface area contributed by atoms with Crippen LogP contribution in [-0.4, -0.2) is 248 Å². The Morgan fingerprint density at radius 3 is 1.35 bits per heavy atom. The van der Waals surface area contributed by atoms with Crippen molar-refractivity contribution < 1.29 is 23.5 Å². The van der Waals surface area contributed by atoms with E-state index in [-0.39, 0.29) is 50.3 Å². The number of ether oxygens (including phenoxy) is 2. The van der Waals surface area contributed by atoms with Gasteiger partial charge in [-0.1, -0.05) is 125 Å². The van der Waals surface area contributed by atoms with Gasteiger partial charge in [0.15, 0.2) is 6.17 Å². The highest BCUT2D eigenvalue weighted by Gasteiger charge is 2.36. The number of unbranched alkanes of at least 4 members (excludes halogenated alkanes) is 1. The number of amides is 3. The maximum absolute atomic E-state index is 13.7. The molecule has 20 nitrogen and oxygen atoms in total. The predicted octanol–water partition coefficient (Wildman–Crippen LogP) is 15.8. The van der Waals surface area contributed by atoms with Crippen LogP contribution in [0.1, 0.15) is 239 Å². The van der Waals surface area contributed by atoms with Crippen molar-refractivity contribution in [1.82, 2.24) is 69.1 Å². The summed E-state index contributed by atoms with van der Waals surface area (Å²) in [5.41, 5.74) is 6.64. The van der Waals surface area contributed by atoms with E-state index in [0.717, 1.165) is 125 Å². The van der Waals surface area contributed by atoms with Crippen LogP contribution in [0.15, 0.2) is 0 Å². The van der Waals surface area contributed by atoms with Crippen LogP contribution in [0.4, 0.5) is 20.0 Å². The van der Waals surface area contributed by atoms with Crippen molar-refractivity contribution in [1.29, 1.82) is 0 Å². The molecule has 0 aromatic carbocycles. The van der Waals surface area contributed by atoms with E-state index >= 15 is 0 Å². The highest BCUT2D eigenvalue weighted by molar-refractivity contribution is 7.16. The first kappa shape index (κ1) is 90.7. The zero-order valence-electron chi connectivity index (χ0n) is 72.7. The molecule has 0 bridgehead atoms. The first-order valence-corrected chi connectivity index (χ1v) is 45.7. The molecular formula is C84H139FN16O4S6. The van der Waals surface area contributed by atoms with E-state index in [1.165, 1.54) is 152 Å². The number of hydrogen-bond acceptors (Lipinski definition) is 23. The molecule has 14 heterocycles. The van der Waals surface area contributed by atoms with Crippen LogP contribution in [-0.2, 0) is 105 Å². The van der Waals surface area contributed by atoms with Crippen molar-refractivity contribution >= 4 is 90.8 Å². The Bertz CT molecular complexity index is 3930. The van der Waals surface area contributed by atoms with E-state index in [2.05, 4.69) is 166 Å². The van der Waals surface area contributed by atoms with Crippen molar-refractivity contribution in [3.05, 3.63) is 82.9 Å². The molecule has 3 amide bonds. The number of carbonyl (C=O) groups is 2. The maximum atomic E-state index is 13.7. The second-order valence-electron chi connectivity index (χ2n) is 38.1. The predicted molar refractivity (Wildman–Crippen MR) is 465 cm³/mol. The van der Waals surface area contributed by atoms with E-state index in [1.807, 2.05) is 72.0 Å². The lowest BCUT2D eigenvalue weighted by molar-refractivity contribution is -0.132. The largest absolute Gasteiger partial charge is 0.379 e. The van der Waals surface area contributed by atoms with Crippen LogP contribution in [0.25, 0.3) is 0 Å². The van der Waals surface area contributed by atoms with E-state index in [4.69, 9.17) is 34.4 Å². The highest BCUT2D eigenvalue weighted by atomic mass is 32.1. The first-order chi connectivity index (χ1) is 51.9. The summed E-state index contributed by atoms with van der Waals surface area (Å²) in [5.74, 6) is 1.33. The van der Waals surface area contributed by atoms with Crippen LogP contribution < -0.4 is 9.80 Å². The fourth-order valence-corrected chi connectivity index (χ4v) is 21.2. The minimum absolute atomic E-state index is 0.0281. The Morgan fingerprint density at radius 1 is 0.423 bits per heavy atom. The number of morpholine rings is 2. The standard InChI is InChI=1S/C18H31N3OS.C17H29N3OS.C14H23N3OS.C13H21N3OS.C11H17FN2S.C11H18N2S/c1-18(2,3)17-19-15-14-21(9-6-16(15)23-17)8-5-4-7-20-10-12-22-13-11-20;1-17(2,3)16-18-14-13-20(8-5-15(14)22-16)7-4-6-19-9-11-21-12-10-19;1-14(2,3)13-15-11-10(19-13)7-9(8-17(11)6)12(18)16(4)5;1-13(2,3)11-14-9-6-7-16(8-10(9)18-11)12(17)15(4)5;1-11(2,3)10-13-9-7(12)5-14(4)6-8(9)15-10;1-11(2,3)10-12-8-6-5-7-13(4)9(8)14-10/h4-14H2,1-3H3;4-13H2,1-3H3;9H,7-8H2,1-6H3;6-8H2,1-5H3;7H,5-6H2,1-4H3;5-7H2,1-4H3. The summed E-state index contributed by atoms with van der Waals surface area (Å²) in [4.78, 5) is 81.2. The first-order valence-electron chi connectivity index (χ1n) is 40.8. The summed E-state index contributed by atoms with van der Waals surface area (Å²) < 4.78 is 24.5. The van der Waals surface area contributed by atoms with Crippen LogP contribution in [0.5, 0.6) is 0 Å². The van der Waals surface area contributed by atoms with Crippen LogP contribution in [0.2, 0.25) is 0 Å². The molecule has 2 fully saturated rings. The molecule has 0 saturated carbocycles. The van der Waals surface area contributed by atoms with E-state index in [0.29, 0.717) is 18.8 Å². The van der Waals surface area contributed by atoms with Crippen molar-refractivity contribution in [3.8, 4) is 0 Å². The number of likely N-dealkylation sites (N-methyl/N-ethyl adjacent to an activating group) is 1. The monoisotopic (exact) mass is 1650 g/mol. The number of carbonyl (C=O) groups excluding carboxylic acids is 2. The summed E-state index contributed by atoms with van der Waals surface area (Å²) in [6.45, 7) is 61.9. The highest BCUT2D eigenvalue weighted by Crippen LogP contribution is 2.42. The van der Waals surface area contributed by atoms with Gasteiger partial charge in [0.2, 0.25) is 5.91 Å². The van der Waals surface area contributed by atoms with Gasteiger partial charge in [0.05, 0.1) is 87.4 Å². The Balaban J connectivity index is 0.000000154. The number of halogens is 1. The third kappa shape index (κ3) is 25.9. The number of fused-ring (bicyclic) bond motifs is 6. The van der Waals surface area contributed by atoms with Crippen LogP contribution in [0, 0.1) is 5.92 Å². The Hall–Kier alpha value is -4.23. The third-order valence-corrected chi connectivity index (χ3v) is 30.1. The molecule has 14 rings (SSSR count). The van der Waals surface area contributed by atoms with Crippen LogP contribution in [0.3, 0.4) is 0 Å². The second-order valence-corrected chi connectivity index (χ2v) is 44.5. The molecule has 622 valence electrons. The number of hydrogen-bond donors (Lipinski definition) is 0. The molecule has 2 unspecified atom stereocenters. The summed E-state index contributed by atoms with van der Waals surface area (Å²) in [6, 6.07) is 0.0892. The number of nitrogens with zero attached hydrogens (tertiary/aromatic N) is 16. The second kappa shape index (κ2) is 38.9. The Morgan fingerprint density at radius 2 is 0.856 bits per heavy atom. The number of alkyl halides is 1. The lowest BCUT2D eigenvalue weighted by Gasteiger charge is -2.30. The molecule has 0 spiro atoms. The normalized spacial score (nSPS) is 19.5. The van der Waals surface area contributed by atoms with Gasteiger partial charge in [-0.3, -0.25) is 29.3 Å². The van der Waals surface area contributed by atoms with Gasteiger partial charge in [-0.05, 0) is 84.6 Å². The molecular weight excluding hydrogens is 1510 g/mol. The molecule has 8 aliphatic rings. The van der Waals surface area contributed by atoms with E-state index in [1.54, 1.807) is 57.9 Å². The summed E-state index contributed by atoms with van der Waals surface area (Å²) >= 11 is 10.9. The molecule has 2 saturated heterocycles. The van der Waals surface area contributed by atoms with Gasteiger partial charge in [-0.25, -0.2) is 39.1 Å². The molecule has 8 aliphatic heterocycles. The van der Waals surface area contributed by atoms with E-state index in [9.17, 15) is 14.0 Å². The fourth-order valence-electron chi connectivity index (χ4n) is 14.1. The fraction of sp³-hybridized carbons (Fsp3) is 0.762. The zero-order valence-corrected chi connectivity index (χ0v) is 77.6.